The molecule has 2 N–H and O–H groups in total. The van der Waals surface area contributed by atoms with Crippen LogP contribution in [0.25, 0.3) is 0 Å². The number of benzene rings is 3. The first kappa shape index (κ1) is 25.8. The van der Waals surface area contributed by atoms with E-state index in [2.05, 4.69) is 26.5 Å². The number of hydrogen-bond acceptors (Lipinski definition) is 6. The second-order valence-electron chi connectivity index (χ2n) is 7.39. The van der Waals surface area contributed by atoms with Crippen molar-refractivity contribution in [3.63, 3.8) is 0 Å². The molecule has 0 aliphatic heterocycles. The zero-order chi connectivity index (χ0) is 25.2. The number of hydrazone groups is 1. The lowest BCUT2D eigenvalue weighted by atomic mass is 10.1. The largest absolute Gasteiger partial charge is 0.493 e. The third kappa shape index (κ3) is 7.31. The second-order valence-corrected chi connectivity index (χ2v) is 8.30. The minimum absolute atomic E-state index is 0.210. The average Bonchev–Trinajstić information content (AvgIpc) is 2.87. The number of aromatic carboxylic acids is 1. The number of rotatable bonds is 11. The maximum Gasteiger partial charge on any atom is 0.335 e. The Balaban J connectivity index is 1.67. The van der Waals surface area contributed by atoms with E-state index in [4.69, 9.17) is 19.3 Å². The topological polar surface area (TPSA) is 106 Å². The second kappa shape index (κ2) is 12.6. The Kier molecular flexibility index (Phi) is 9.25. The highest BCUT2D eigenvalue weighted by atomic mass is 79.9. The number of carbonyl (C=O) groups is 2. The number of carbonyl (C=O) groups excluding carboxylic acids is 1. The SMILES string of the molecule is CCCOc1ccc(C(=O)N/N=C/c2cc(Br)ccc2OCc2ccc(C(=O)O)cc2)cc1OC. The molecule has 0 fully saturated rings. The maximum atomic E-state index is 12.6. The minimum Gasteiger partial charge on any atom is -0.493 e. The van der Waals surface area contributed by atoms with E-state index in [9.17, 15) is 9.59 Å². The van der Waals surface area contributed by atoms with E-state index >= 15 is 0 Å². The summed E-state index contributed by atoms with van der Waals surface area (Å²) in [5, 5.41) is 13.1. The molecule has 0 heterocycles. The average molecular weight is 541 g/mol. The van der Waals surface area contributed by atoms with Crippen LogP contribution in [0.3, 0.4) is 0 Å². The van der Waals surface area contributed by atoms with Crippen LogP contribution in [-0.2, 0) is 6.61 Å². The normalized spacial score (nSPS) is 10.7. The molecule has 0 unspecified atom stereocenters. The van der Waals surface area contributed by atoms with Gasteiger partial charge in [0, 0.05) is 15.6 Å². The Hall–Kier alpha value is -3.85. The summed E-state index contributed by atoms with van der Waals surface area (Å²) in [6.07, 6.45) is 2.35. The molecular weight excluding hydrogens is 516 g/mol. The monoisotopic (exact) mass is 540 g/mol. The molecule has 0 aliphatic carbocycles. The minimum atomic E-state index is -0.981. The third-order valence-electron chi connectivity index (χ3n) is 4.82. The maximum absolute atomic E-state index is 12.6. The number of amides is 1. The summed E-state index contributed by atoms with van der Waals surface area (Å²) >= 11 is 3.43. The fourth-order valence-corrected chi connectivity index (χ4v) is 3.40. The number of nitrogens with one attached hydrogen (secondary N) is 1. The molecule has 1 amide bonds. The zero-order valence-electron chi connectivity index (χ0n) is 19.3. The van der Waals surface area contributed by atoms with Gasteiger partial charge in [0.25, 0.3) is 5.91 Å². The van der Waals surface area contributed by atoms with Gasteiger partial charge in [-0.25, -0.2) is 10.2 Å². The van der Waals surface area contributed by atoms with Gasteiger partial charge in [-0.05, 0) is 60.5 Å². The van der Waals surface area contributed by atoms with Crippen LogP contribution in [0, 0.1) is 0 Å². The van der Waals surface area contributed by atoms with Crippen LogP contribution in [0.15, 0.2) is 70.2 Å². The predicted molar refractivity (Wildman–Crippen MR) is 136 cm³/mol. The van der Waals surface area contributed by atoms with E-state index in [0.29, 0.717) is 35.0 Å². The van der Waals surface area contributed by atoms with Gasteiger partial charge in [-0.1, -0.05) is 35.0 Å². The van der Waals surface area contributed by atoms with Gasteiger partial charge in [0.15, 0.2) is 11.5 Å². The molecule has 0 radical (unpaired) electrons. The first-order chi connectivity index (χ1) is 16.9. The van der Waals surface area contributed by atoms with Crippen molar-refractivity contribution < 1.29 is 28.9 Å². The van der Waals surface area contributed by atoms with Crippen molar-refractivity contribution in [2.45, 2.75) is 20.0 Å². The van der Waals surface area contributed by atoms with Gasteiger partial charge in [0.2, 0.25) is 0 Å². The molecule has 0 atom stereocenters. The van der Waals surface area contributed by atoms with Crippen molar-refractivity contribution >= 4 is 34.0 Å². The fraction of sp³-hybridized carbons (Fsp3) is 0.192. The Morgan fingerprint density at radius 2 is 1.69 bits per heavy atom. The van der Waals surface area contributed by atoms with Crippen molar-refractivity contribution in [3.05, 3.63) is 87.4 Å². The molecule has 3 rings (SSSR count). The Labute approximate surface area is 211 Å². The van der Waals surface area contributed by atoms with Crippen LogP contribution in [0.2, 0.25) is 0 Å². The van der Waals surface area contributed by atoms with E-state index in [1.807, 2.05) is 13.0 Å². The van der Waals surface area contributed by atoms with E-state index in [1.165, 1.54) is 25.5 Å². The summed E-state index contributed by atoms with van der Waals surface area (Å²) in [7, 11) is 1.52. The van der Waals surface area contributed by atoms with Gasteiger partial charge >= 0.3 is 5.97 Å². The van der Waals surface area contributed by atoms with Crippen molar-refractivity contribution in [2.24, 2.45) is 5.10 Å². The van der Waals surface area contributed by atoms with Crippen LogP contribution in [-0.4, -0.2) is 36.9 Å². The lowest BCUT2D eigenvalue weighted by Crippen LogP contribution is -2.17. The highest BCUT2D eigenvalue weighted by Gasteiger charge is 2.11. The molecule has 8 nitrogen and oxygen atoms in total. The predicted octanol–water partition coefficient (Wildman–Crippen LogP) is 5.29. The number of hydrogen-bond donors (Lipinski definition) is 2. The molecule has 0 saturated carbocycles. The van der Waals surface area contributed by atoms with Gasteiger partial charge in [-0.15, -0.1) is 0 Å². The molecular formula is C26H25BrN2O6. The van der Waals surface area contributed by atoms with E-state index in [1.54, 1.807) is 42.5 Å². The highest BCUT2D eigenvalue weighted by Crippen LogP contribution is 2.28. The molecule has 0 saturated heterocycles. The number of carboxylic acid groups (broad SMARTS) is 1. The van der Waals surface area contributed by atoms with Crippen molar-refractivity contribution in [2.75, 3.05) is 13.7 Å². The van der Waals surface area contributed by atoms with Crippen molar-refractivity contribution in [1.82, 2.24) is 5.43 Å². The smallest absolute Gasteiger partial charge is 0.335 e. The molecule has 0 aliphatic rings. The van der Waals surface area contributed by atoms with Crippen molar-refractivity contribution in [3.8, 4) is 17.2 Å². The van der Waals surface area contributed by atoms with Crippen molar-refractivity contribution in [1.29, 1.82) is 0 Å². The molecule has 0 bridgehead atoms. The molecule has 3 aromatic rings. The van der Waals surface area contributed by atoms with E-state index in [-0.39, 0.29) is 12.2 Å². The quantitative estimate of drug-likeness (QED) is 0.253. The lowest BCUT2D eigenvalue weighted by molar-refractivity contribution is 0.0696. The molecule has 35 heavy (non-hydrogen) atoms. The van der Waals surface area contributed by atoms with Gasteiger partial charge in [-0.2, -0.15) is 5.10 Å². The molecule has 0 spiro atoms. The lowest BCUT2D eigenvalue weighted by Gasteiger charge is -2.11. The van der Waals surface area contributed by atoms with Crippen LogP contribution in [0.1, 0.15) is 45.2 Å². The molecule has 182 valence electrons. The summed E-state index contributed by atoms with van der Waals surface area (Å²) in [5.74, 6) is 0.201. The summed E-state index contributed by atoms with van der Waals surface area (Å²) in [5.41, 5.74) is 4.55. The number of nitrogens with zero attached hydrogens (tertiary/aromatic N) is 1. The van der Waals surface area contributed by atoms with Gasteiger partial charge in [0.05, 0.1) is 25.5 Å². The van der Waals surface area contributed by atoms with Crippen LogP contribution >= 0.6 is 15.9 Å². The van der Waals surface area contributed by atoms with Gasteiger partial charge in [-0.3, -0.25) is 4.79 Å². The Morgan fingerprint density at radius 1 is 0.971 bits per heavy atom. The first-order valence-electron chi connectivity index (χ1n) is 10.8. The van der Waals surface area contributed by atoms with Gasteiger partial charge < -0.3 is 19.3 Å². The summed E-state index contributed by atoms with van der Waals surface area (Å²) < 4.78 is 17.6. The van der Waals surface area contributed by atoms with Crippen LogP contribution in [0.4, 0.5) is 0 Å². The van der Waals surface area contributed by atoms with E-state index in [0.717, 1.165) is 16.5 Å². The summed E-state index contributed by atoms with van der Waals surface area (Å²) in [6.45, 7) is 2.80. The Bertz CT molecular complexity index is 1210. The number of ether oxygens (including phenoxy) is 3. The highest BCUT2D eigenvalue weighted by molar-refractivity contribution is 9.10. The van der Waals surface area contributed by atoms with Gasteiger partial charge in [0.1, 0.15) is 12.4 Å². The molecule has 0 aromatic heterocycles. The number of methoxy groups -OCH3 is 1. The summed E-state index contributed by atoms with van der Waals surface area (Å²) in [6, 6.07) is 16.8. The number of halogens is 1. The third-order valence-corrected chi connectivity index (χ3v) is 5.32. The fourth-order valence-electron chi connectivity index (χ4n) is 3.02. The zero-order valence-corrected chi connectivity index (χ0v) is 20.9. The molecule has 9 heteroatoms. The van der Waals surface area contributed by atoms with Crippen LogP contribution < -0.4 is 19.6 Å². The standard InChI is InChI=1S/C26H25BrN2O6/c1-3-12-34-23-10-8-19(14-24(23)33-2)25(30)29-28-15-20-13-21(27)9-11-22(20)35-16-17-4-6-18(7-5-17)26(31)32/h4-11,13-15H,3,12,16H2,1-2H3,(H,29,30)(H,31,32)/b28-15+. The van der Waals surface area contributed by atoms with E-state index < -0.39 is 11.9 Å². The Morgan fingerprint density at radius 3 is 2.37 bits per heavy atom. The molecule has 3 aromatic carbocycles. The van der Waals surface area contributed by atoms with Crippen LogP contribution in [0.5, 0.6) is 17.2 Å². The number of carboxylic acids is 1. The summed E-state index contributed by atoms with van der Waals surface area (Å²) in [4.78, 5) is 23.6. The first-order valence-corrected chi connectivity index (χ1v) is 11.6.